The van der Waals surface area contributed by atoms with E-state index in [-0.39, 0.29) is 17.9 Å². The van der Waals surface area contributed by atoms with Crippen LogP contribution in [0.2, 0.25) is 0 Å². The van der Waals surface area contributed by atoms with Crippen LogP contribution in [0.15, 0.2) is 72.8 Å². The molecule has 5 heteroatoms. The lowest BCUT2D eigenvalue weighted by Crippen LogP contribution is -2.49. The van der Waals surface area contributed by atoms with Crippen molar-refractivity contribution in [1.82, 2.24) is 4.90 Å². The maximum Gasteiger partial charge on any atom is 0.254 e. The van der Waals surface area contributed by atoms with Gasteiger partial charge in [0.2, 0.25) is 5.91 Å². The van der Waals surface area contributed by atoms with Gasteiger partial charge in [-0.1, -0.05) is 42.5 Å². The number of fused-ring (bicyclic) bond motifs is 4. The van der Waals surface area contributed by atoms with Crippen LogP contribution in [-0.2, 0) is 11.2 Å². The highest BCUT2D eigenvalue weighted by Gasteiger charge is 2.46. The Morgan fingerprint density at radius 3 is 2.48 bits per heavy atom. The molecule has 0 radical (unpaired) electrons. The maximum atomic E-state index is 13.6. The van der Waals surface area contributed by atoms with Crippen molar-refractivity contribution in [2.45, 2.75) is 25.3 Å². The number of benzene rings is 3. The SMILES string of the molecule is CCOc1ccc(NC(=O)C2c3ccccc3C(=O)N3CCc4ccccc4C23)cc1. The average Bonchev–Trinajstić information content (AvgIpc) is 2.80. The van der Waals surface area contributed by atoms with E-state index in [0.29, 0.717) is 24.4 Å². The van der Waals surface area contributed by atoms with E-state index < -0.39 is 5.92 Å². The lowest BCUT2D eigenvalue weighted by molar-refractivity contribution is -0.119. The monoisotopic (exact) mass is 412 g/mol. The fraction of sp³-hybridized carbons (Fsp3) is 0.231. The number of ether oxygens (including phenoxy) is 1. The predicted molar refractivity (Wildman–Crippen MR) is 119 cm³/mol. The molecule has 0 saturated heterocycles. The van der Waals surface area contributed by atoms with Gasteiger partial charge in [0.25, 0.3) is 5.91 Å². The molecule has 2 aliphatic heterocycles. The number of carbonyl (C=O) groups is 2. The van der Waals surface area contributed by atoms with E-state index in [1.807, 2.05) is 78.6 Å². The molecule has 1 N–H and O–H groups in total. The van der Waals surface area contributed by atoms with Crippen molar-refractivity contribution < 1.29 is 14.3 Å². The zero-order valence-electron chi connectivity index (χ0n) is 17.4. The zero-order chi connectivity index (χ0) is 21.4. The molecule has 2 amide bonds. The van der Waals surface area contributed by atoms with Crippen LogP contribution in [0.5, 0.6) is 5.75 Å². The number of amides is 2. The Bertz CT molecular complexity index is 1140. The van der Waals surface area contributed by atoms with Gasteiger partial charge in [0, 0.05) is 17.8 Å². The highest BCUT2D eigenvalue weighted by Crippen LogP contribution is 2.46. The van der Waals surface area contributed by atoms with Crippen molar-refractivity contribution in [2.75, 3.05) is 18.5 Å². The van der Waals surface area contributed by atoms with Gasteiger partial charge in [0.1, 0.15) is 5.75 Å². The molecule has 2 atom stereocenters. The molecule has 31 heavy (non-hydrogen) atoms. The number of hydrogen-bond acceptors (Lipinski definition) is 3. The molecule has 0 saturated carbocycles. The van der Waals surface area contributed by atoms with Crippen molar-refractivity contribution in [3.8, 4) is 5.75 Å². The first-order valence-electron chi connectivity index (χ1n) is 10.7. The fourth-order valence-corrected chi connectivity index (χ4v) is 4.78. The molecule has 2 unspecified atom stereocenters. The molecular formula is C26H24N2O3. The quantitative estimate of drug-likeness (QED) is 0.683. The Hall–Kier alpha value is -3.60. The number of rotatable bonds is 4. The zero-order valence-corrected chi connectivity index (χ0v) is 17.4. The molecule has 0 spiro atoms. The van der Waals surface area contributed by atoms with Crippen LogP contribution in [0, 0.1) is 0 Å². The Labute approximate surface area is 181 Å². The van der Waals surface area contributed by atoms with E-state index >= 15 is 0 Å². The number of hydrogen-bond donors (Lipinski definition) is 1. The van der Waals surface area contributed by atoms with Gasteiger partial charge < -0.3 is 15.0 Å². The lowest BCUT2D eigenvalue weighted by Gasteiger charge is -2.45. The summed E-state index contributed by atoms with van der Waals surface area (Å²) >= 11 is 0. The van der Waals surface area contributed by atoms with E-state index in [1.165, 1.54) is 5.56 Å². The van der Waals surface area contributed by atoms with Gasteiger partial charge in [0.15, 0.2) is 0 Å². The van der Waals surface area contributed by atoms with Crippen LogP contribution < -0.4 is 10.1 Å². The molecule has 3 aromatic rings. The molecule has 3 aromatic carbocycles. The van der Waals surface area contributed by atoms with Crippen molar-refractivity contribution in [1.29, 1.82) is 0 Å². The van der Waals surface area contributed by atoms with Crippen molar-refractivity contribution in [2.24, 2.45) is 0 Å². The van der Waals surface area contributed by atoms with Crippen molar-refractivity contribution in [3.05, 3.63) is 95.1 Å². The number of nitrogens with zero attached hydrogens (tertiary/aromatic N) is 1. The molecular weight excluding hydrogens is 388 g/mol. The van der Waals surface area contributed by atoms with Gasteiger partial charge in [-0.05, 0) is 60.4 Å². The van der Waals surface area contributed by atoms with Crippen LogP contribution in [-0.4, -0.2) is 29.9 Å². The summed E-state index contributed by atoms with van der Waals surface area (Å²) in [5, 5.41) is 3.07. The lowest BCUT2D eigenvalue weighted by atomic mass is 9.76. The maximum absolute atomic E-state index is 13.6. The summed E-state index contributed by atoms with van der Waals surface area (Å²) in [6, 6.07) is 22.7. The van der Waals surface area contributed by atoms with E-state index in [4.69, 9.17) is 4.74 Å². The minimum absolute atomic E-state index is 0.000204. The first-order chi connectivity index (χ1) is 15.2. The molecule has 0 aromatic heterocycles. The normalized spacial score (nSPS) is 19.1. The molecule has 2 aliphatic rings. The van der Waals surface area contributed by atoms with Crippen molar-refractivity contribution >= 4 is 17.5 Å². The third kappa shape index (κ3) is 3.36. The van der Waals surface area contributed by atoms with E-state index in [1.54, 1.807) is 0 Å². The van der Waals surface area contributed by atoms with Crippen LogP contribution in [0.1, 0.15) is 45.9 Å². The van der Waals surface area contributed by atoms with Gasteiger partial charge in [-0.2, -0.15) is 0 Å². The first kappa shape index (κ1) is 19.4. The molecule has 156 valence electrons. The van der Waals surface area contributed by atoms with Crippen LogP contribution in [0.4, 0.5) is 5.69 Å². The van der Waals surface area contributed by atoms with E-state index in [2.05, 4.69) is 11.4 Å². The fourth-order valence-electron chi connectivity index (χ4n) is 4.78. The summed E-state index contributed by atoms with van der Waals surface area (Å²) in [6.45, 7) is 3.14. The minimum Gasteiger partial charge on any atom is -0.494 e. The topological polar surface area (TPSA) is 58.6 Å². The summed E-state index contributed by atoms with van der Waals surface area (Å²) in [4.78, 5) is 28.8. The van der Waals surface area contributed by atoms with Crippen LogP contribution >= 0.6 is 0 Å². The Balaban J connectivity index is 1.55. The standard InChI is InChI=1S/C26H24N2O3/c1-2-31-19-13-11-18(12-14-19)27-25(29)23-21-9-5-6-10-22(21)26(30)28-16-15-17-7-3-4-8-20(17)24(23)28/h3-14,23-24H,2,15-16H2,1H3,(H,27,29). The molecule has 0 fully saturated rings. The number of anilines is 1. The number of nitrogens with one attached hydrogen (secondary N) is 1. The summed E-state index contributed by atoms with van der Waals surface area (Å²) < 4.78 is 5.49. The molecule has 5 rings (SSSR count). The highest BCUT2D eigenvalue weighted by atomic mass is 16.5. The second kappa shape index (κ2) is 7.91. The second-order valence-corrected chi connectivity index (χ2v) is 7.90. The van der Waals surface area contributed by atoms with Gasteiger partial charge >= 0.3 is 0 Å². The van der Waals surface area contributed by atoms with Gasteiger partial charge in [-0.15, -0.1) is 0 Å². The largest absolute Gasteiger partial charge is 0.494 e. The minimum atomic E-state index is -0.484. The Morgan fingerprint density at radius 1 is 1.00 bits per heavy atom. The Kier molecular flexibility index (Phi) is 4.94. The van der Waals surface area contributed by atoms with E-state index in [9.17, 15) is 9.59 Å². The third-order valence-corrected chi connectivity index (χ3v) is 6.15. The first-order valence-corrected chi connectivity index (χ1v) is 10.7. The average molecular weight is 412 g/mol. The molecule has 5 nitrogen and oxygen atoms in total. The highest BCUT2D eigenvalue weighted by molar-refractivity contribution is 6.04. The van der Waals surface area contributed by atoms with Gasteiger partial charge in [-0.3, -0.25) is 9.59 Å². The van der Waals surface area contributed by atoms with Gasteiger partial charge in [0.05, 0.1) is 18.6 Å². The summed E-state index contributed by atoms with van der Waals surface area (Å²) in [7, 11) is 0. The van der Waals surface area contributed by atoms with E-state index in [0.717, 1.165) is 23.3 Å². The summed E-state index contributed by atoms with van der Waals surface area (Å²) in [5.74, 6) is 0.166. The van der Waals surface area contributed by atoms with Crippen molar-refractivity contribution in [3.63, 3.8) is 0 Å². The van der Waals surface area contributed by atoms with Crippen LogP contribution in [0.25, 0.3) is 0 Å². The molecule has 0 aliphatic carbocycles. The second-order valence-electron chi connectivity index (χ2n) is 7.90. The van der Waals surface area contributed by atoms with Gasteiger partial charge in [-0.25, -0.2) is 0 Å². The summed E-state index contributed by atoms with van der Waals surface area (Å²) in [5.41, 5.74) is 4.37. The Morgan fingerprint density at radius 2 is 1.71 bits per heavy atom. The molecule has 2 heterocycles. The predicted octanol–water partition coefficient (Wildman–Crippen LogP) is 4.56. The van der Waals surface area contributed by atoms with Crippen LogP contribution in [0.3, 0.4) is 0 Å². The number of carbonyl (C=O) groups excluding carboxylic acids is 2. The summed E-state index contributed by atoms with van der Waals surface area (Å²) in [6.07, 6.45) is 0.799. The molecule has 0 bridgehead atoms. The smallest absolute Gasteiger partial charge is 0.254 e. The third-order valence-electron chi connectivity index (χ3n) is 6.15.